The number of nitrogens with one attached hydrogen (secondary N) is 1. The van der Waals surface area contributed by atoms with Crippen molar-refractivity contribution in [1.82, 2.24) is 10.2 Å². The van der Waals surface area contributed by atoms with E-state index in [-0.39, 0.29) is 0 Å². The van der Waals surface area contributed by atoms with E-state index in [9.17, 15) is 5.11 Å². The lowest BCUT2D eigenvalue weighted by Gasteiger charge is -2.37. The molecule has 0 bridgehead atoms. The third-order valence-corrected chi connectivity index (χ3v) is 5.27. The van der Waals surface area contributed by atoms with Crippen LogP contribution in [0.1, 0.15) is 52.9 Å². The zero-order valence-electron chi connectivity index (χ0n) is 13.0. The monoisotopic (exact) mass is 268 g/mol. The lowest BCUT2D eigenvalue weighted by molar-refractivity contribution is 0.0891. The highest BCUT2D eigenvalue weighted by Gasteiger charge is 2.40. The molecule has 1 aliphatic heterocycles. The number of hydrogen-bond donors (Lipinski definition) is 2. The number of aliphatic hydroxyl groups excluding tert-OH is 1. The highest BCUT2D eigenvalue weighted by atomic mass is 16.3. The normalized spacial score (nSPS) is 31.4. The fourth-order valence-electron chi connectivity index (χ4n) is 3.95. The first kappa shape index (κ1) is 15.3. The number of likely N-dealkylation sites (tertiary alicyclic amines) is 1. The molecular formula is C16H32N2O. The van der Waals surface area contributed by atoms with Crippen LogP contribution in [0.3, 0.4) is 0 Å². The summed E-state index contributed by atoms with van der Waals surface area (Å²) in [5.74, 6) is 0.654. The van der Waals surface area contributed by atoms with Crippen LogP contribution in [0.5, 0.6) is 0 Å². The molecular weight excluding hydrogens is 236 g/mol. The average Bonchev–Trinajstić information content (AvgIpc) is 2.96. The molecule has 0 amide bonds. The van der Waals surface area contributed by atoms with Gasteiger partial charge in [0.05, 0.1) is 6.61 Å². The Morgan fingerprint density at radius 3 is 2.58 bits per heavy atom. The maximum Gasteiger partial charge on any atom is 0.0589 e. The van der Waals surface area contributed by atoms with Gasteiger partial charge in [-0.3, -0.25) is 4.90 Å². The highest BCUT2D eigenvalue weighted by molar-refractivity contribution is 4.94. The Bertz CT molecular complexity index is 274. The average molecular weight is 268 g/mol. The molecule has 2 fully saturated rings. The number of nitrogens with zero attached hydrogens (tertiary/aromatic N) is 1. The van der Waals surface area contributed by atoms with E-state index in [0.29, 0.717) is 30.0 Å². The first-order valence-electron chi connectivity index (χ1n) is 8.15. The van der Waals surface area contributed by atoms with Gasteiger partial charge in [-0.1, -0.05) is 33.6 Å². The van der Waals surface area contributed by atoms with Gasteiger partial charge in [0, 0.05) is 25.2 Å². The Balaban J connectivity index is 1.96. The zero-order chi connectivity index (χ0) is 13.9. The lowest BCUT2D eigenvalue weighted by Crippen LogP contribution is -2.47. The summed E-state index contributed by atoms with van der Waals surface area (Å²) in [6.07, 6.45) is 6.73. The molecule has 1 aliphatic carbocycles. The van der Waals surface area contributed by atoms with E-state index in [1.54, 1.807) is 0 Å². The van der Waals surface area contributed by atoms with Gasteiger partial charge < -0.3 is 10.4 Å². The molecule has 1 heterocycles. The van der Waals surface area contributed by atoms with Crippen molar-refractivity contribution < 1.29 is 5.11 Å². The summed E-state index contributed by atoms with van der Waals surface area (Å²) in [7, 11) is 0. The van der Waals surface area contributed by atoms with Crippen molar-refractivity contribution in [3.8, 4) is 0 Å². The van der Waals surface area contributed by atoms with Gasteiger partial charge >= 0.3 is 0 Å². The molecule has 0 radical (unpaired) electrons. The lowest BCUT2D eigenvalue weighted by atomic mass is 9.84. The van der Waals surface area contributed by atoms with Crippen molar-refractivity contribution in [2.24, 2.45) is 11.3 Å². The van der Waals surface area contributed by atoms with Crippen LogP contribution in [-0.2, 0) is 0 Å². The Morgan fingerprint density at radius 1 is 1.32 bits per heavy atom. The molecule has 0 spiro atoms. The summed E-state index contributed by atoms with van der Waals surface area (Å²) in [4.78, 5) is 2.57. The SMILES string of the molecule is CC(C)NCC1(CN2CCC(C)C2CO)CCCC1. The van der Waals surface area contributed by atoms with E-state index < -0.39 is 0 Å². The summed E-state index contributed by atoms with van der Waals surface area (Å²) in [5, 5.41) is 13.3. The van der Waals surface area contributed by atoms with E-state index in [1.807, 2.05) is 0 Å². The molecule has 19 heavy (non-hydrogen) atoms. The molecule has 3 heteroatoms. The van der Waals surface area contributed by atoms with Gasteiger partial charge in [0.25, 0.3) is 0 Å². The van der Waals surface area contributed by atoms with Crippen molar-refractivity contribution >= 4 is 0 Å². The van der Waals surface area contributed by atoms with Crippen molar-refractivity contribution in [2.45, 2.75) is 65.0 Å². The summed E-state index contributed by atoms with van der Waals surface area (Å²) in [6.45, 7) is 10.6. The van der Waals surface area contributed by atoms with Gasteiger partial charge in [-0.15, -0.1) is 0 Å². The van der Waals surface area contributed by atoms with Crippen LogP contribution in [-0.4, -0.2) is 48.3 Å². The molecule has 2 rings (SSSR count). The van der Waals surface area contributed by atoms with Crippen molar-refractivity contribution in [3.05, 3.63) is 0 Å². The van der Waals surface area contributed by atoms with Crippen LogP contribution in [0.4, 0.5) is 0 Å². The summed E-state index contributed by atoms with van der Waals surface area (Å²) in [5.41, 5.74) is 0.460. The van der Waals surface area contributed by atoms with Gasteiger partial charge in [-0.05, 0) is 37.1 Å². The first-order valence-corrected chi connectivity index (χ1v) is 8.15. The van der Waals surface area contributed by atoms with E-state index >= 15 is 0 Å². The molecule has 2 N–H and O–H groups in total. The predicted molar refractivity (Wildman–Crippen MR) is 80.3 cm³/mol. The molecule has 0 aromatic heterocycles. The molecule has 2 atom stereocenters. The topological polar surface area (TPSA) is 35.5 Å². The summed E-state index contributed by atoms with van der Waals surface area (Å²) < 4.78 is 0. The van der Waals surface area contributed by atoms with Gasteiger partial charge in [-0.2, -0.15) is 0 Å². The molecule has 1 saturated heterocycles. The Hall–Kier alpha value is -0.120. The van der Waals surface area contributed by atoms with Gasteiger partial charge in [0.15, 0.2) is 0 Å². The maximum atomic E-state index is 9.63. The Labute approximate surface area is 118 Å². The maximum absolute atomic E-state index is 9.63. The van der Waals surface area contributed by atoms with E-state index in [2.05, 4.69) is 31.0 Å². The third kappa shape index (κ3) is 3.71. The van der Waals surface area contributed by atoms with Gasteiger partial charge in [-0.25, -0.2) is 0 Å². The molecule has 2 unspecified atom stereocenters. The van der Waals surface area contributed by atoms with Crippen molar-refractivity contribution in [3.63, 3.8) is 0 Å². The standard InChI is InChI=1S/C16H32N2O/c1-13(2)17-11-16(7-4-5-8-16)12-18-9-6-14(3)15(18)10-19/h13-15,17,19H,4-12H2,1-3H3. The van der Waals surface area contributed by atoms with Crippen LogP contribution in [0, 0.1) is 11.3 Å². The van der Waals surface area contributed by atoms with E-state index in [1.165, 1.54) is 45.2 Å². The molecule has 112 valence electrons. The predicted octanol–water partition coefficient (Wildman–Crippen LogP) is 2.25. The van der Waals surface area contributed by atoms with Gasteiger partial charge in [0.1, 0.15) is 0 Å². The van der Waals surface area contributed by atoms with Crippen LogP contribution >= 0.6 is 0 Å². The van der Waals surface area contributed by atoms with E-state index in [4.69, 9.17) is 0 Å². The third-order valence-electron chi connectivity index (χ3n) is 5.27. The van der Waals surface area contributed by atoms with Crippen LogP contribution in [0.2, 0.25) is 0 Å². The zero-order valence-corrected chi connectivity index (χ0v) is 13.0. The smallest absolute Gasteiger partial charge is 0.0589 e. The molecule has 2 aliphatic rings. The minimum absolute atomic E-state index is 0.328. The number of aliphatic hydroxyl groups is 1. The van der Waals surface area contributed by atoms with E-state index in [0.717, 1.165) is 6.54 Å². The quantitative estimate of drug-likeness (QED) is 0.775. The molecule has 0 aromatic rings. The van der Waals surface area contributed by atoms with Crippen molar-refractivity contribution in [2.75, 3.05) is 26.2 Å². The second-order valence-electron chi connectivity index (χ2n) is 7.23. The highest BCUT2D eigenvalue weighted by Crippen LogP contribution is 2.40. The fraction of sp³-hybridized carbons (Fsp3) is 1.00. The fourth-order valence-corrected chi connectivity index (χ4v) is 3.95. The largest absolute Gasteiger partial charge is 0.395 e. The number of hydrogen-bond acceptors (Lipinski definition) is 3. The second-order valence-corrected chi connectivity index (χ2v) is 7.23. The molecule has 3 nitrogen and oxygen atoms in total. The Morgan fingerprint density at radius 2 is 2.00 bits per heavy atom. The van der Waals surface area contributed by atoms with Crippen molar-refractivity contribution in [1.29, 1.82) is 0 Å². The van der Waals surface area contributed by atoms with Crippen LogP contribution in [0.25, 0.3) is 0 Å². The molecule has 1 saturated carbocycles. The molecule has 0 aromatic carbocycles. The van der Waals surface area contributed by atoms with Crippen LogP contribution < -0.4 is 5.32 Å². The first-order chi connectivity index (χ1) is 9.06. The second kappa shape index (κ2) is 6.55. The summed E-state index contributed by atoms with van der Waals surface area (Å²) >= 11 is 0. The van der Waals surface area contributed by atoms with Gasteiger partial charge in [0.2, 0.25) is 0 Å². The van der Waals surface area contributed by atoms with Crippen LogP contribution in [0.15, 0.2) is 0 Å². The minimum Gasteiger partial charge on any atom is -0.395 e. The minimum atomic E-state index is 0.328. The summed E-state index contributed by atoms with van der Waals surface area (Å²) in [6, 6.07) is 0.972. The number of rotatable bonds is 6. The Kier molecular flexibility index (Phi) is 5.27.